The molecule has 0 aliphatic carbocycles. The van der Waals surface area contributed by atoms with E-state index in [-0.39, 0.29) is 36.0 Å². The lowest BCUT2D eigenvalue weighted by atomic mass is 10.0. The smallest absolute Gasteiger partial charge is 0.407 e. The predicted octanol–water partition coefficient (Wildman–Crippen LogP) is 5.41. The van der Waals surface area contributed by atoms with Gasteiger partial charge in [0, 0.05) is 19.1 Å². The molecule has 2 aliphatic rings. The summed E-state index contributed by atoms with van der Waals surface area (Å²) in [6.07, 6.45) is 2.85. The molecule has 238 valence electrons. The number of alkyl carbamates (subject to hydrolysis) is 1. The molecular formula is C33H42N8O4. The third-order valence-corrected chi connectivity index (χ3v) is 8.82. The summed E-state index contributed by atoms with van der Waals surface area (Å²) in [5.74, 6) is 1.32. The number of urea groups is 1. The second-order valence-corrected chi connectivity index (χ2v) is 12.7. The topological polar surface area (TPSA) is 148 Å². The number of rotatable bonds is 7. The number of hydrogen-bond acceptors (Lipinski definition) is 6. The quantitative estimate of drug-likeness (QED) is 0.219. The van der Waals surface area contributed by atoms with Gasteiger partial charge in [0.1, 0.15) is 17.7 Å². The molecule has 2 fully saturated rings. The maximum Gasteiger partial charge on any atom is 0.407 e. The molecule has 0 bridgehead atoms. The molecule has 45 heavy (non-hydrogen) atoms. The summed E-state index contributed by atoms with van der Waals surface area (Å²) >= 11 is 0. The number of methoxy groups -OCH3 is 1. The number of H-pyrrole nitrogens is 2. The van der Waals surface area contributed by atoms with Crippen LogP contribution in [0.3, 0.4) is 0 Å². The minimum absolute atomic E-state index is 0.0523. The van der Waals surface area contributed by atoms with Crippen molar-refractivity contribution in [1.29, 1.82) is 0 Å². The van der Waals surface area contributed by atoms with Crippen LogP contribution in [0.4, 0.5) is 9.59 Å². The molecule has 6 rings (SSSR count). The molecule has 0 unspecified atom stereocenters. The number of aromatic amines is 2. The Morgan fingerprint density at radius 1 is 0.822 bits per heavy atom. The van der Waals surface area contributed by atoms with Gasteiger partial charge in [-0.2, -0.15) is 0 Å². The number of nitrogens with one attached hydrogen (secondary N) is 4. The summed E-state index contributed by atoms with van der Waals surface area (Å²) in [5, 5.41) is 5.71. The highest BCUT2D eigenvalue weighted by Crippen LogP contribution is 2.35. The first-order chi connectivity index (χ1) is 21.6. The Hall–Kier alpha value is -4.61. The van der Waals surface area contributed by atoms with Crippen molar-refractivity contribution in [1.82, 2.24) is 40.4 Å². The van der Waals surface area contributed by atoms with Crippen LogP contribution in [0, 0.1) is 5.92 Å². The highest BCUT2D eigenvalue weighted by atomic mass is 16.5. The average Bonchev–Trinajstić information content (AvgIpc) is 3.82. The number of nitrogens with zero attached hydrogens (tertiary/aromatic N) is 4. The molecule has 4 N–H and O–H groups in total. The maximum absolute atomic E-state index is 13.5. The van der Waals surface area contributed by atoms with Crippen LogP contribution in [0.15, 0.2) is 36.4 Å². The van der Waals surface area contributed by atoms with Crippen molar-refractivity contribution in [2.45, 2.75) is 77.5 Å². The van der Waals surface area contributed by atoms with E-state index >= 15 is 0 Å². The number of benzene rings is 2. The normalized spacial score (nSPS) is 19.2. The number of amides is 4. The van der Waals surface area contributed by atoms with Gasteiger partial charge in [0.15, 0.2) is 0 Å². The molecule has 0 radical (unpaired) electrons. The van der Waals surface area contributed by atoms with Gasteiger partial charge in [0.05, 0.1) is 41.3 Å². The molecule has 4 amide bonds. The Morgan fingerprint density at radius 2 is 1.36 bits per heavy atom. The van der Waals surface area contributed by atoms with Gasteiger partial charge >= 0.3 is 12.1 Å². The van der Waals surface area contributed by atoms with E-state index in [1.807, 2.05) is 55.7 Å². The maximum atomic E-state index is 13.5. The van der Waals surface area contributed by atoms with Crippen LogP contribution >= 0.6 is 0 Å². The third kappa shape index (κ3) is 6.05. The van der Waals surface area contributed by atoms with E-state index < -0.39 is 12.1 Å². The zero-order valence-corrected chi connectivity index (χ0v) is 26.5. The Labute approximate surface area is 262 Å². The van der Waals surface area contributed by atoms with E-state index in [9.17, 15) is 14.4 Å². The minimum Gasteiger partial charge on any atom is -0.453 e. The molecule has 4 aromatic rings. The molecular weight excluding hydrogens is 572 g/mol. The van der Waals surface area contributed by atoms with Gasteiger partial charge in [-0.15, -0.1) is 0 Å². The first kappa shape index (κ1) is 30.4. The van der Waals surface area contributed by atoms with E-state index in [4.69, 9.17) is 14.7 Å². The van der Waals surface area contributed by atoms with Gasteiger partial charge in [-0.1, -0.05) is 26.0 Å². The molecule has 0 spiro atoms. The number of likely N-dealkylation sites (tertiary alicyclic amines) is 2. The zero-order chi connectivity index (χ0) is 31.8. The fourth-order valence-corrected chi connectivity index (χ4v) is 6.55. The standard InChI is InChI=1S/C33H42N8O4/c1-18(2)28(39-33(44)45-5)31(42)40-14-6-8-26(40)29-35-22-12-10-20(16-24(22)37-29)21-11-13-23-25(17-21)38-30(36-23)27-9-7-15-41(27)32(43)34-19(3)4/h10-13,16-19,26-28H,6-9,14-15H2,1-5H3,(H,34,43)(H,35,37)(H,36,38)(H,39,44)/t26-,27-,28-/m0/s1. The number of hydrogen-bond donors (Lipinski definition) is 4. The van der Waals surface area contributed by atoms with Crippen LogP contribution in [0.25, 0.3) is 33.2 Å². The summed E-state index contributed by atoms with van der Waals surface area (Å²) in [6, 6.07) is 11.3. The predicted molar refractivity (Wildman–Crippen MR) is 171 cm³/mol. The van der Waals surface area contributed by atoms with Crippen molar-refractivity contribution in [3.8, 4) is 11.1 Å². The summed E-state index contributed by atoms with van der Waals surface area (Å²) in [6.45, 7) is 9.06. The second kappa shape index (κ2) is 12.4. The molecule has 0 saturated carbocycles. The molecule has 2 aromatic heterocycles. The zero-order valence-electron chi connectivity index (χ0n) is 26.5. The lowest BCUT2D eigenvalue weighted by Crippen LogP contribution is -2.51. The summed E-state index contributed by atoms with van der Waals surface area (Å²) in [5.41, 5.74) is 5.55. The summed E-state index contributed by atoms with van der Waals surface area (Å²) < 4.78 is 4.75. The van der Waals surface area contributed by atoms with Gasteiger partial charge < -0.3 is 35.1 Å². The van der Waals surface area contributed by atoms with Gasteiger partial charge in [-0.3, -0.25) is 4.79 Å². The van der Waals surface area contributed by atoms with Crippen LogP contribution in [-0.2, 0) is 9.53 Å². The van der Waals surface area contributed by atoms with Gasteiger partial charge in [0.25, 0.3) is 0 Å². The van der Waals surface area contributed by atoms with Crippen molar-refractivity contribution < 1.29 is 19.1 Å². The summed E-state index contributed by atoms with van der Waals surface area (Å²) in [7, 11) is 1.29. The van der Waals surface area contributed by atoms with Crippen molar-refractivity contribution in [3.63, 3.8) is 0 Å². The Morgan fingerprint density at radius 3 is 1.87 bits per heavy atom. The lowest BCUT2D eigenvalue weighted by molar-refractivity contribution is -0.135. The van der Waals surface area contributed by atoms with Crippen LogP contribution in [-0.4, -0.2) is 80.1 Å². The molecule has 3 atom stereocenters. The molecule has 12 nitrogen and oxygen atoms in total. The largest absolute Gasteiger partial charge is 0.453 e. The molecule has 2 aliphatic heterocycles. The van der Waals surface area contributed by atoms with E-state index in [0.717, 1.165) is 70.5 Å². The second-order valence-electron chi connectivity index (χ2n) is 12.7. The van der Waals surface area contributed by atoms with Gasteiger partial charge in [-0.25, -0.2) is 19.6 Å². The fraction of sp³-hybridized carbons (Fsp3) is 0.485. The average molecular weight is 615 g/mol. The van der Waals surface area contributed by atoms with Crippen LogP contribution in [0.1, 0.15) is 77.1 Å². The fourth-order valence-electron chi connectivity index (χ4n) is 6.55. The molecule has 12 heteroatoms. The van der Waals surface area contributed by atoms with E-state index in [1.165, 1.54) is 7.11 Å². The van der Waals surface area contributed by atoms with E-state index in [2.05, 4.69) is 38.8 Å². The van der Waals surface area contributed by atoms with Crippen LogP contribution < -0.4 is 10.6 Å². The number of imidazole rings is 2. The first-order valence-electron chi connectivity index (χ1n) is 15.8. The van der Waals surface area contributed by atoms with E-state index in [0.29, 0.717) is 13.1 Å². The lowest BCUT2D eigenvalue weighted by Gasteiger charge is -2.29. The number of carbonyl (C=O) groups excluding carboxylic acids is 3. The first-order valence-corrected chi connectivity index (χ1v) is 15.8. The molecule has 2 aromatic carbocycles. The number of aromatic nitrogens is 4. The molecule has 4 heterocycles. The third-order valence-electron chi connectivity index (χ3n) is 8.82. The minimum atomic E-state index is -0.680. The number of ether oxygens (including phenoxy) is 1. The van der Waals surface area contributed by atoms with Crippen LogP contribution in [0.5, 0.6) is 0 Å². The van der Waals surface area contributed by atoms with Gasteiger partial charge in [0.2, 0.25) is 5.91 Å². The van der Waals surface area contributed by atoms with Crippen molar-refractivity contribution in [3.05, 3.63) is 48.0 Å². The van der Waals surface area contributed by atoms with Crippen molar-refractivity contribution in [2.75, 3.05) is 20.2 Å². The monoisotopic (exact) mass is 614 g/mol. The number of carbonyl (C=O) groups is 3. The Kier molecular flexibility index (Phi) is 8.39. The highest BCUT2D eigenvalue weighted by molar-refractivity contribution is 5.88. The Balaban J connectivity index is 1.23. The van der Waals surface area contributed by atoms with Crippen molar-refractivity contribution in [2.24, 2.45) is 5.92 Å². The van der Waals surface area contributed by atoms with Gasteiger partial charge in [-0.05, 0) is 80.8 Å². The molecule has 2 saturated heterocycles. The van der Waals surface area contributed by atoms with E-state index in [1.54, 1.807) is 0 Å². The van der Waals surface area contributed by atoms with Crippen LogP contribution in [0.2, 0.25) is 0 Å². The number of fused-ring (bicyclic) bond motifs is 2. The van der Waals surface area contributed by atoms with Crippen molar-refractivity contribution >= 4 is 40.1 Å². The Bertz CT molecular complexity index is 1730. The summed E-state index contributed by atoms with van der Waals surface area (Å²) in [4.78, 5) is 58.6. The SMILES string of the molecule is COC(=O)N[C@H](C(=O)N1CCC[C@H]1c1nc2ccc(-c3ccc4nc([C@@H]5CCCN5C(=O)NC(C)C)[nH]c4c3)cc2[nH]1)C(C)C. The highest BCUT2D eigenvalue weighted by Gasteiger charge is 2.37.